The van der Waals surface area contributed by atoms with Crippen LogP contribution < -0.4 is 10.0 Å². The average molecular weight is 358 g/mol. The standard InChI is InChI=1S/C16H18N6O2S/c1-11-16(12(2)21-20-11)25(23,24)22-15-4-3-14(10-19-15)18-9-13-5-7-17-8-6-13/h3-8,10,18H,9H2,1-2H3,(H,19,22)(H,20,21). The normalized spacial score (nSPS) is 11.3. The molecule has 0 aromatic carbocycles. The fraction of sp³-hybridized carbons (Fsp3) is 0.188. The highest BCUT2D eigenvalue weighted by Crippen LogP contribution is 2.20. The lowest BCUT2D eigenvalue weighted by Crippen LogP contribution is -2.15. The summed E-state index contributed by atoms with van der Waals surface area (Å²) in [6.07, 6.45) is 5.04. The second-order valence-electron chi connectivity index (χ2n) is 5.51. The summed E-state index contributed by atoms with van der Waals surface area (Å²) < 4.78 is 27.4. The van der Waals surface area contributed by atoms with Gasteiger partial charge in [0.15, 0.2) is 0 Å². The SMILES string of the molecule is Cc1n[nH]c(C)c1S(=O)(=O)Nc1ccc(NCc2ccncc2)cn1. The summed E-state index contributed by atoms with van der Waals surface area (Å²) >= 11 is 0. The number of anilines is 2. The number of sulfonamides is 1. The fourth-order valence-corrected chi connectivity index (χ4v) is 3.77. The summed E-state index contributed by atoms with van der Waals surface area (Å²) in [6.45, 7) is 3.93. The van der Waals surface area contributed by atoms with Crippen LogP contribution in [-0.2, 0) is 16.6 Å². The van der Waals surface area contributed by atoms with Gasteiger partial charge in [-0.15, -0.1) is 0 Å². The molecule has 0 unspecified atom stereocenters. The lowest BCUT2D eigenvalue weighted by Gasteiger charge is -2.09. The number of rotatable bonds is 6. The molecule has 0 aliphatic rings. The largest absolute Gasteiger partial charge is 0.380 e. The maximum Gasteiger partial charge on any atom is 0.266 e. The minimum absolute atomic E-state index is 0.147. The van der Waals surface area contributed by atoms with Crippen LogP contribution in [0.25, 0.3) is 0 Å². The molecule has 0 spiro atoms. The Morgan fingerprint density at radius 2 is 1.88 bits per heavy atom. The Morgan fingerprint density at radius 1 is 1.12 bits per heavy atom. The molecular formula is C16H18N6O2S. The number of H-pyrrole nitrogens is 1. The number of nitrogens with one attached hydrogen (secondary N) is 3. The summed E-state index contributed by atoms with van der Waals surface area (Å²) in [7, 11) is -3.73. The summed E-state index contributed by atoms with van der Waals surface area (Å²) in [6, 6.07) is 7.20. The lowest BCUT2D eigenvalue weighted by molar-refractivity contribution is 0.600. The maximum atomic E-state index is 12.5. The van der Waals surface area contributed by atoms with E-state index < -0.39 is 10.0 Å². The highest BCUT2D eigenvalue weighted by molar-refractivity contribution is 7.92. The highest BCUT2D eigenvalue weighted by atomic mass is 32.2. The van der Waals surface area contributed by atoms with Crippen LogP contribution in [0.15, 0.2) is 47.8 Å². The van der Waals surface area contributed by atoms with Crippen molar-refractivity contribution in [2.24, 2.45) is 0 Å². The van der Waals surface area contributed by atoms with Crippen molar-refractivity contribution >= 4 is 21.5 Å². The van der Waals surface area contributed by atoms with Crippen LogP contribution in [0, 0.1) is 13.8 Å². The van der Waals surface area contributed by atoms with Gasteiger partial charge in [-0.05, 0) is 43.7 Å². The zero-order valence-electron chi connectivity index (χ0n) is 13.8. The quantitative estimate of drug-likeness (QED) is 0.623. The van der Waals surface area contributed by atoms with Crippen molar-refractivity contribution in [3.8, 4) is 0 Å². The van der Waals surface area contributed by atoms with Gasteiger partial charge in [0.1, 0.15) is 10.7 Å². The predicted molar refractivity (Wildman–Crippen MR) is 94.7 cm³/mol. The topological polar surface area (TPSA) is 113 Å². The molecule has 0 amide bonds. The number of aromatic nitrogens is 4. The number of aryl methyl sites for hydroxylation is 2. The summed E-state index contributed by atoms with van der Waals surface area (Å²) in [5.41, 5.74) is 2.78. The van der Waals surface area contributed by atoms with E-state index in [4.69, 9.17) is 0 Å². The first-order valence-corrected chi connectivity index (χ1v) is 9.07. The van der Waals surface area contributed by atoms with E-state index in [2.05, 4.69) is 30.2 Å². The maximum absolute atomic E-state index is 12.5. The van der Waals surface area contributed by atoms with Gasteiger partial charge in [0.2, 0.25) is 0 Å². The molecule has 0 radical (unpaired) electrons. The van der Waals surface area contributed by atoms with Crippen LogP contribution in [0.3, 0.4) is 0 Å². The summed E-state index contributed by atoms with van der Waals surface area (Å²) in [4.78, 5) is 8.26. The lowest BCUT2D eigenvalue weighted by atomic mass is 10.2. The molecule has 0 aliphatic carbocycles. The van der Waals surface area contributed by atoms with E-state index in [0.29, 0.717) is 17.9 Å². The number of pyridine rings is 2. The first-order chi connectivity index (χ1) is 12.0. The van der Waals surface area contributed by atoms with Crippen molar-refractivity contribution < 1.29 is 8.42 Å². The predicted octanol–water partition coefficient (Wildman–Crippen LogP) is 2.23. The van der Waals surface area contributed by atoms with Crippen molar-refractivity contribution in [1.29, 1.82) is 0 Å². The molecule has 0 saturated carbocycles. The Balaban J connectivity index is 1.68. The van der Waals surface area contributed by atoms with E-state index in [-0.39, 0.29) is 10.7 Å². The zero-order chi connectivity index (χ0) is 17.9. The van der Waals surface area contributed by atoms with Gasteiger partial charge in [-0.3, -0.25) is 14.8 Å². The third kappa shape index (κ3) is 3.94. The van der Waals surface area contributed by atoms with Crippen LogP contribution in [0.1, 0.15) is 17.0 Å². The average Bonchev–Trinajstić information content (AvgIpc) is 2.94. The van der Waals surface area contributed by atoms with E-state index in [0.717, 1.165) is 11.3 Å². The molecule has 0 saturated heterocycles. The minimum Gasteiger partial charge on any atom is -0.380 e. The van der Waals surface area contributed by atoms with Crippen LogP contribution >= 0.6 is 0 Å². The van der Waals surface area contributed by atoms with Crippen molar-refractivity contribution in [2.75, 3.05) is 10.0 Å². The zero-order valence-corrected chi connectivity index (χ0v) is 14.6. The third-order valence-electron chi connectivity index (χ3n) is 3.58. The van der Waals surface area contributed by atoms with Gasteiger partial charge in [-0.2, -0.15) is 5.10 Å². The molecule has 0 aliphatic heterocycles. The van der Waals surface area contributed by atoms with Gasteiger partial charge in [0.25, 0.3) is 10.0 Å². The van der Waals surface area contributed by atoms with E-state index in [1.165, 1.54) is 0 Å². The molecule has 130 valence electrons. The monoisotopic (exact) mass is 358 g/mol. The Labute approximate surface area is 145 Å². The first kappa shape index (κ1) is 16.9. The Kier molecular flexibility index (Phi) is 4.66. The molecule has 3 heterocycles. The Hall–Kier alpha value is -2.94. The van der Waals surface area contributed by atoms with Crippen LogP contribution in [0.2, 0.25) is 0 Å². The number of aromatic amines is 1. The minimum atomic E-state index is -3.73. The molecule has 25 heavy (non-hydrogen) atoms. The molecule has 0 bridgehead atoms. The van der Waals surface area contributed by atoms with Crippen molar-refractivity contribution in [1.82, 2.24) is 20.2 Å². The van der Waals surface area contributed by atoms with Crippen LogP contribution in [-0.4, -0.2) is 28.6 Å². The van der Waals surface area contributed by atoms with Gasteiger partial charge in [0, 0.05) is 18.9 Å². The molecule has 9 heteroatoms. The molecular weight excluding hydrogens is 340 g/mol. The molecule has 3 aromatic heterocycles. The fourth-order valence-electron chi connectivity index (χ4n) is 2.39. The van der Waals surface area contributed by atoms with Crippen LogP contribution in [0.4, 0.5) is 11.5 Å². The second kappa shape index (κ2) is 6.89. The molecule has 0 fully saturated rings. The van der Waals surface area contributed by atoms with Gasteiger partial charge in [0.05, 0.1) is 23.3 Å². The van der Waals surface area contributed by atoms with Gasteiger partial charge >= 0.3 is 0 Å². The third-order valence-corrected chi connectivity index (χ3v) is 5.19. The van der Waals surface area contributed by atoms with E-state index >= 15 is 0 Å². The van der Waals surface area contributed by atoms with Crippen LogP contribution in [0.5, 0.6) is 0 Å². The van der Waals surface area contributed by atoms with Crippen molar-refractivity contribution in [2.45, 2.75) is 25.3 Å². The molecule has 0 atom stereocenters. The molecule has 3 aromatic rings. The smallest absolute Gasteiger partial charge is 0.266 e. The molecule has 3 rings (SSSR count). The second-order valence-corrected chi connectivity index (χ2v) is 7.13. The van der Waals surface area contributed by atoms with E-state index in [9.17, 15) is 8.42 Å². The van der Waals surface area contributed by atoms with E-state index in [1.807, 2.05) is 12.1 Å². The van der Waals surface area contributed by atoms with Crippen molar-refractivity contribution in [3.05, 3.63) is 59.8 Å². The summed E-state index contributed by atoms with van der Waals surface area (Å²) in [5, 5.41) is 9.79. The van der Waals surface area contributed by atoms with Gasteiger partial charge < -0.3 is 5.32 Å². The number of hydrogen-bond acceptors (Lipinski definition) is 6. The Morgan fingerprint density at radius 3 is 2.48 bits per heavy atom. The Bertz CT molecular complexity index is 933. The van der Waals surface area contributed by atoms with Gasteiger partial charge in [-0.25, -0.2) is 13.4 Å². The highest BCUT2D eigenvalue weighted by Gasteiger charge is 2.22. The van der Waals surface area contributed by atoms with Crippen molar-refractivity contribution in [3.63, 3.8) is 0 Å². The first-order valence-electron chi connectivity index (χ1n) is 7.59. The number of nitrogens with zero attached hydrogens (tertiary/aromatic N) is 3. The molecule has 8 nitrogen and oxygen atoms in total. The summed E-state index contributed by atoms with van der Waals surface area (Å²) in [5.74, 6) is 0.245. The van der Waals surface area contributed by atoms with E-state index in [1.54, 1.807) is 44.6 Å². The van der Waals surface area contributed by atoms with Gasteiger partial charge in [-0.1, -0.05) is 0 Å². The molecule has 3 N–H and O–H groups in total. The number of hydrogen-bond donors (Lipinski definition) is 3.